The molecule has 33 heavy (non-hydrogen) atoms. The second-order valence-electron chi connectivity index (χ2n) is 8.57. The third kappa shape index (κ3) is 7.57. The number of aliphatic imine (C=N–C) groups is 1. The number of nitrogens with zero attached hydrogens (tertiary/aromatic N) is 4. The van der Waals surface area contributed by atoms with E-state index in [1.54, 1.807) is 0 Å². The highest BCUT2D eigenvalue weighted by Crippen LogP contribution is 2.15. The highest BCUT2D eigenvalue weighted by Gasteiger charge is 2.20. The fourth-order valence-corrected chi connectivity index (χ4v) is 4.29. The average Bonchev–Trinajstić information content (AvgIpc) is 3.25. The van der Waals surface area contributed by atoms with Crippen LogP contribution in [0.15, 0.2) is 72.0 Å². The van der Waals surface area contributed by atoms with E-state index in [2.05, 4.69) is 85.5 Å². The SMILES string of the molecule is CN=C(NCc1nccn1Cc1ccccc1)NC1CCN(Cc2cccc(C)c2)CC1.I. The van der Waals surface area contributed by atoms with E-state index in [1.807, 2.05) is 25.5 Å². The van der Waals surface area contributed by atoms with Crippen LogP contribution in [0, 0.1) is 6.92 Å². The highest BCUT2D eigenvalue weighted by molar-refractivity contribution is 14.0. The van der Waals surface area contributed by atoms with E-state index in [0.29, 0.717) is 12.6 Å². The van der Waals surface area contributed by atoms with Crippen molar-refractivity contribution < 1.29 is 0 Å². The van der Waals surface area contributed by atoms with Crippen molar-refractivity contribution in [1.82, 2.24) is 25.1 Å². The molecule has 1 aliphatic rings. The zero-order valence-electron chi connectivity index (χ0n) is 19.6. The molecule has 4 rings (SSSR count). The van der Waals surface area contributed by atoms with Gasteiger partial charge in [0.2, 0.25) is 0 Å². The molecular formula is C26H35IN6. The maximum atomic E-state index is 4.53. The number of hydrogen-bond acceptors (Lipinski definition) is 3. The number of aromatic nitrogens is 2. The Kier molecular flexibility index (Phi) is 9.75. The van der Waals surface area contributed by atoms with Crippen LogP contribution < -0.4 is 10.6 Å². The van der Waals surface area contributed by atoms with Gasteiger partial charge in [-0.15, -0.1) is 24.0 Å². The molecule has 176 valence electrons. The molecule has 1 aliphatic heterocycles. The summed E-state index contributed by atoms with van der Waals surface area (Å²) in [6.45, 7) is 6.86. The zero-order chi connectivity index (χ0) is 22.2. The smallest absolute Gasteiger partial charge is 0.191 e. The van der Waals surface area contributed by atoms with Gasteiger partial charge in [-0.05, 0) is 30.9 Å². The molecule has 0 saturated carbocycles. The second kappa shape index (κ2) is 12.7. The number of halogens is 1. The molecule has 0 amide bonds. The van der Waals surface area contributed by atoms with Gasteiger partial charge in [-0.25, -0.2) is 4.98 Å². The molecule has 1 saturated heterocycles. The standard InChI is InChI=1S/C26H34N6.HI/c1-21-7-6-10-23(17-21)19-31-14-11-24(12-15-31)30-26(27-2)29-18-25-28-13-16-32(25)20-22-8-4-3-5-9-22;/h3-10,13,16-17,24H,11-12,14-15,18-20H2,1-2H3,(H2,27,29,30);1H. The zero-order valence-corrected chi connectivity index (χ0v) is 21.9. The highest BCUT2D eigenvalue weighted by atomic mass is 127. The van der Waals surface area contributed by atoms with Gasteiger partial charge in [-0.3, -0.25) is 9.89 Å². The van der Waals surface area contributed by atoms with Gasteiger partial charge in [-0.1, -0.05) is 60.2 Å². The minimum absolute atomic E-state index is 0. The van der Waals surface area contributed by atoms with E-state index >= 15 is 0 Å². The summed E-state index contributed by atoms with van der Waals surface area (Å²) in [4.78, 5) is 11.5. The van der Waals surface area contributed by atoms with Gasteiger partial charge < -0.3 is 15.2 Å². The fraction of sp³-hybridized carbons (Fsp3) is 0.385. The predicted octanol–water partition coefficient (Wildman–Crippen LogP) is 4.19. The summed E-state index contributed by atoms with van der Waals surface area (Å²) in [6, 6.07) is 19.7. The van der Waals surface area contributed by atoms with E-state index in [0.717, 1.165) is 50.8 Å². The largest absolute Gasteiger partial charge is 0.354 e. The number of likely N-dealkylation sites (tertiary alicyclic amines) is 1. The lowest BCUT2D eigenvalue weighted by molar-refractivity contribution is 0.198. The monoisotopic (exact) mass is 558 g/mol. The van der Waals surface area contributed by atoms with Crippen LogP contribution in [-0.4, -0.2) is 46.6 Å². The van der Waals surface area contributed by atoms with Crippen molar-refractivity contribution in [3.63, 3.8) is 0 Å². The van der Waals surface area contributed by atoms with Crippen molar-refractivity contribution in [2.45, 2.75) is 45.4 Å². The van der Waals surface area contributed by atoms with Crippen LogP contribution in [0.4, 0.5) is 0 Å². The van der Waals surface area contributed by atoms with Crippen LogP contribution in [0.1, 0.15) is 35.4 Å². The number of rotatable bonds is 7. The maximum Gasteiger partial charge on any atom is 0.191 e. The lowest BCUT2D eigenvalue weighted by atomic mass is 10.0. The third-order valence-corrected chi connectivity index (χ3v) is 6.05. The first-order valence-corrected chi connectivity index (χ1v) is 11.5. The summed E-state index contributed by atoms with van der Waals surface area (Å²) in [5, 5.41) is 7.05. The Morgan fingerprint density at radius 2 is 1.79 bits per heavy atom. The van der Waals surface area contributed by atoms with E-state index in [9.17, 15) is 0 Å². The molecule has 1 fully saturated rings. The molecule has 2 heterocycles. The lowest BCUT2D eigenvalue weighted by Crippen LogP contribution is -2.48. The average molecular weight is 559 g/mol. The van der Waals surface area contributed by atoms with Crippen LogP contribution in [0.5, 0.6) is 0 Å². The molecule has 2 N–H and O–H groups in total. The number of imidazole rings is 1. The van der Waals surface area contributed by atoms with Gasteiger partial charge in [0.05, 0.1) is 6.54 Å². The van der Waals surface area contributed by atoms with E-state index < -0.39 is 0 Å². The van der Waals surface area contributed by atoms with Gasteiger partial charge in [0.15, 0.2) is 5.96 Å². The Morgan fingerprint density at radius 1 is 1.03 bits per heavy atom. The molecule has 1 aromatic heterocycles. The molecule has 0 radical (unpaired) electrons. The number of benzene rings is 2. The van der Waals surface area contributed by atoms with Gasteiger partial charge in [0.25, 0.3) is 0 Å². The van der Waals surface area contributed by atoms with Crippen LogP contribution in [0.25, 0.3) is 0 Å². The molecular weight excluding hydrogens is 523 g/mol. The number of nitrogens with one attached hydrogen (secondary N) is 2. The molecule has 6 nitrogen and oxygen atoms in total. The topological polar surface area (TPSA) is 57.5 Å². The Balaban J connectivity index is 0.00000306. The van der Waals surface area contributed by atoms with Gasteiger partial charge >= 0.3 is 0 Å². The van der Waals surface area contributed by atoms with Gasteiger partial charge in [0, 0.05) is 51.7 Å². The Bertz CT molecular complexity index is 1010. The maximum absolute atomic E-state index is 4.53. The van der Waals surface area contributed by atoms with Gasteiger partial charge in [0.1, 0.15) is 5.82 Å². The quantitative estimate of drug-likeness (QED) is 0.260. The van der Waals surface area contributed by atoms with Crippen LogP contribution in [0.3, 0.4) is 0 Å². The summed E-state index contributed by atoms with van der Waals surface area (Å²) in [6.07, 6.45) is 6.13. The Hall–Kier alpha value is -2.39. The summed E-state index contributed by atoms with van der Waals surface area (Å²) in [5.74, 6) is 1.85. The van der Waals surface area contributed by atoms with E-state index in [1.165, 1.54) is 16.7 Å². The Labute approximate surface area is 214 Å². The molecule has 0 aliphatic carbocycles. The number of aryl methyl sites for hydroxylation is 1. The van der Waals surface area contributed by atoms with Crippen molar-refractivity contribution >= 4 is 29.9 Å². The molecule has 0 bridgehead atoms. The molecule has 7 heteroatoms. The van der Waals surface area contributed by atoms with Crippen LogP contribution >= 0.6 is 24.0 Å². The van der Waals surface area contributed by atoms with E-state index in [-0.39, 0.29) is 24.0 Å². The van der Waals surface area contributed by atoms with E-state index in [4.69, 9.17) is 0 Å². The third-order valence-electron chi connectivity index (χ3n) is 6.05. The van der Waals surface area contributed by atoms with Crippen LogP contribution in [0.2, 0.25) is 0 Å². The number of hydrogen-bond donors (Lipinski definition) is 2. The molecule has 0 atom stereocenters. The summed E-state index contributed by atoms with van der Waals surface area (Å²) < 4.78 is 2.18. The molecule has 3 aromatic rings. The lowest BCUT2D eigenvalue weighted by Gasteiger charge is -2.33. The first kappa shape index (κ1) is 25.2. The number of guanidine groups is 1. The Morgan fingerprint density at radius 3 is 2.52 bits per heavy atom. The summed E-state index contributed by atoms with van der Waals surface area (Å²) in [7, 11) is 1.83. The predicted molar refractivity (Wildman–Crippen MR) is 146 cm³/mol. The summed E-state index contributed by atoms with van der Waals surface area (Å²) >= 11 is 0. The normalized spacial score (nSPS) is 15.2. The van der Waals surface area contributed by atoms with Crippen molar-refractivity contribution in [2.75, 3.05) is 20.1 Å². The van der Waals surface area contributed by atoms with Crippen LogP contribution in [-0.2, 0) is 19.6 Å². The molecule has 0 spiro atoms. The van der Waals surface area contributed by atoms with Crippen molar-refractivity contribution in [3.05, 3.63) is 89.5 Å². The second-order valence-corrected chi connectivity index (χ2v) is 8.57. The van der Waals surface area contributed by atoms with Crippen molar-refractivity contribution in [3.8, 4) is 0 Å². The molecule has 0 unspecified atom stereocenters. The van der Waals surface area contributed by atoms with Crippen molar-refractivity contribution in [2.24, 2.45) is 4.99 Å². The van der Waals surface area contributed by atoms with Crippen molar-refractivity contribution in [1.29, 1.82) is 0 Å². The fourth-order valence-electron chi connectivity index (χ4n) is 4.29. The first-order valence-electron chi connectivity index (χ1n) is 11.5. The first-order chi connectivity index (χ1) is 15.7. The number of piperidine rings is 1. The summed E-state index contributed by atoms with van der Waals surface area (Å²) in [5.41, 5.74) is 4.00. The molecule has 2 aromatic carbocycles. The minimum Gasteiger partial charge on any atom is -0.354 e. The van der Waals surface area contributed by atoms with Gasteiger partial charge in [-0.2, -0.15) is 0 Å². The minimum atomic E-state index is 0.